The number of amides is 2. The molecule has 0 aliphatic heterocycles. The molecule has 0 saturated heterocycles. The normalized spacial score (nSPS) is 10.8. The minimum absolute atomic E-state index is 0.207. The number of carbonyl (C=O) groups is 2. The van der Waals surface area contributed by atoms with E-state index in [1.807, 2.05) is 30.5 Å². The van der Waals surface area contributed by atoms with Crippen LogP contribution < -0.4 is 10.7 Å². The highest BCUT2D eigenvalue weighted by Gasteiger charge is 2.13. The number of carbonyl (C=O) groups excluding carboxylic acids is 2. The zero-order valence-corrected chi connectivity index (χ0v) is 15.9. The standard InChI is InChI=1S/C18H18Cl2N4O2/c1-4-7-21-17(25)18(26)23-22-10-13-8-11(2)24(12(13)3)16-6-5-14(19)9-15(16)20/h4-6,8-10H,1,7H2,2-3H3,(H,21,25)(H,23,26)/b22-10-. The molecule has 0 radical (unpaired) electrons. The van der Waals surface area contributed by atoms with Gasteiger partial charge in [-0.2, -0.15) is 5.10 Å². The Morgan fingerprint density at radius 1 is 1.23 bits per heavy atom. The third-order valence-electron chi connectivity index (χ3n) is 3.60. The minimum atomic E-state index is -0.849. The lowest BCUT2D eigenvalue weighted by Gasteiger charge is -2.11. The van der Waals surface area contributed by atoms with E-state index in [9.17, 15) is 9.59 Å². The SMILES string of the molecule is C=CCNC(=O)C(=O)N/N=C\c1cc(C)n(-c2ccc(Cl)cc2Cl)c1C. The summed E-state index contributed by atoms with van der Waals surface area (Å²) in [7, 11) is 0. The average molecular weight is 393 g/mol. The Kier molecular flexibility index (Phi) is 6.60. The fourth-order valence-electron chi connectivity index (χ4n) is 2.41. The number of nitrogens with zero attached hydrogens (tertiary/aromatic N) is 2. The van der Waals surface area contributed by atoms with Crippen LogP contribution in [0.3, 0.4) is 0 Å². The Labute approximate surface area is 161 Å². The molecule has 6 nitrogen and oxygen atoms in total. The van der Waals surface area contributed by atoms with Gasteiger partial charge in [0.15, 0.2) is 0 Å². The zero-order chi connectivity index (χ0) is 19.3. The Morgan fingerprint density at radius 3 is 2.62 bits per heavy atom. The van der Waals surface area contributed by atoms with E-state index in [1.165, 1.54) is 12.3 Å². The number of rotatable bonds is 5. The van der Waals surface area contributed by atoms with Crippen molar-refractivity contribution in [1.29, 1.82) is 0 Å². The molecule has 2 N–H and O–H groups in total. The van der Waals surface area contributed by atoms with Gasteiger partial charge in [-0.15, -0.1) is 6.58 Å². The predicted octanol–water partition coefficient (Wildman–Crippen LogP) is 3.15. The van der Waals surface area contributed by atoms with E-state index in [2.05, 4.69) is 22.4 Å². The van der Waals surface area contributed by atoms with Gasteiger partial charge in [0.2, 0.25) is 0 Å². The quantitative estimate of drug-likeness (QED) is 0.355. The van der Waals surface area contributed by atoms with Crippen LogP contribution >= 0.6 is 23.2 Å². The van der Waals surface area contributed by atoms with Gasteiger partial charge in [0.25, 0.3) is 0 Å². The van der Waals surface area contributed by atoms with E-state index in [4.69, 9.17) is 23.2 Å². The van der Waals surface area contributed by atoms with Crippen molar-refractivity contribution in [2.45, 2.75) is 13.8 Å². The molecule has 8 heteroatoms. The van der Waals surface area contributed by atoms with Crippen molar-refractivity contribution >= 4 is 41.2 Å². The van der Waals surface area contributed by atoms with Crippen LogP contribution in [0.2, 0.25) is 10.0 Å². The largest absolute Gasteiger partial charge is 0.344 e. The number of benzene rings is 1. The summed E-state index contributed by atoms with van der Waals surface area (Å²) in [5.74, 6) is -1.63. The molecule has 136 valence electrons. The minimum Gasteiger partial charge on any atom is -0.344 e. The number of nitrogens with one attached hydrogen (secondary N) is 2. The second-order valence-corrected chi connectivity index (χ2v) is 6.30. The number of hydrogen-bond donors (Lipinski definition) is 2. The van der Waals surface area contributed by atoms with Gasteiger partial charge in [-0.3, -0.25) is 9.59 Å². The van der Waals surface area contributed by atoms with E-state index in [0.29, 0.717) is 10.0 Å². The van der Waals surface area contributed by atoms with E-state index in [-0.39, 0.29) is 6.54 Å². The lowest BCUT2D eigenvalue weighted by Crippen LogP contribution is -2.37. The predicted molar refractivity (Wildman–Crippen MR) is 104 cm³/mol. The lowest BCUT2D eigenvalue weighted by molar-refractivity contribution is -0.139. The number of hydrogen-bond acceptors (Lipinski definition) is 3. The summed E-state index contributed by atoms with van der Waals surface area (Å²) in [6.45, 7) is 7.49. The van der Waals surface area contributed by atoms with Crippen LogP contribution in [0.1, 0.15) is 17.0 Å². The van der Waals surface area contributed by atoms with Crippen molar-refractivity contribution in [3.63, 3.8) is 0 Å². The van der Waals surface area contributed by atoms with Crippen LogP contribution in [-0.2, 0) is 9.59 Å². The maximum absolute atomic E-state index is 11.6. The number of aryl methyl sites for hydroxylation is 1. The van der Waals surface area contributed by atoms with Crippen LogP contribution in [0.5, 0.6) is 0 Å². The van der Waals surface area contributed by atoms with Gasteiger partial charge in [0, 0.05) is 28.5 Å². The maximum atomic E-state index is 11.6. The van der Waals surface area contributed by atoms with Crippen LogP contribution in [0, 0.1) is 13.8 Å². The highest BCUT2D eigenvalue weighted by atomic mass is 35.5. The summed E-state index contributed by atoms with van der Waals surface area (Å²) >= 11 is 12.2. The highest BCUT2D eigenvalue weighted by molar-refractivity contribution is 6.36. The summed E-state index contributed by atoms with van der Waals surface area (Å²) in [6, 6.07) is 7.16. The molecule has 0 atom stereocenters. The van der Waals surface area contributed by atoms with Crippen molar-refractivity contribution < 1.29 is 9.59 Å². The molecular weight excluding hydrogens is 375 g/mol. The smallest absolute Gasteiger partial charge is 0.329 e. The van der Waals surface area contributed by atoms with Crippen molar-refractivity contribution in [1.82, 2.24) is 15.3 Å². The fourth-order valence-corrected chi connectivity index (χ4v) is 2.90. The van der Waals surface area contributed by atoms with Crippen molar-refractivity contribution in [3.8, 4) is 5.69 Å². The summed E-state index contributed by atoms with van der Waals surface area (Å²) in [6.07, 6.45) is 2.95. The molecule has 0 aliphatic rings. The molecule has 1 aromatic heterocycles. The first-order chi connectivity index (χ1) is 12.3. The first kappa shape index (κ1) is 19.8. The second kappa shape index (κ2) is 8.69. The average Bonchev–Trinajstić information content (AvgIpc) is 2.87. The van der Waals surface area contributed by atoms with Crippen LogP contribution in [0.25, 0.3) is 5.69 Å². The van der Waals surface area contributed by atoms with Crippen molar-refractivity contribution in [2.75, 3.05) is 6.54 Å². The lowest BCUT2D eigenvalue weighted by atomic mass is 10.2. The maximum Gasteiger partial charge on any atom is 0.329 e. The first-order valence-corrected chi connectivity index (χ1v) is 8.47. The topological polar surface area (TPSA) is 75.5 Å². The summed E-state index contributed by atoms with van der Waals surface area (Å²) < 4.78 is 1.96. The van der Waals surface area contributed by atoms with Crippen LogP contribution in [0.15, 0.2) is 42.0 Å². The third kappa shape index (κ3) is 4.53. The second-order valence-electron chi connectivity index (χ2n) is 5.46. The molecule has 0 saturated carbocycles. The number of aromatic nitrogens is 1. The molecule has 2 aromatic rings. The Morgan fingerprint density at radius 2 is 1.96 bits per heavy atom. The van der Waals surface area contributed by atoms with Gasteiger partial charge in [-0.25, -0.2) is 5.43 Å². The molecule has 2 amide bonds. The zero-order valence-electron chi connectivity index (χ0n) is 14.3. The Bertz CT molecular complexity index is 888. The molecule has 0 unspecified atom stereocenters. The monoisotopic (exact) mass is 392 g/mol. The first-order valence-electron chi connectivity index (χ1n) is 7.71. The summed E-state index contributed by atoms with van der Waals surface area (Å²) in [4.78, 5) is 23.0. The van der Waals surface area contributed by atoms with Crippen LogP contribution in [-0.4, -0.2) is 29.1 Å². The van der Waals surface area contributed by atoms with E-state index < -0.39 is 11.8 Å². The third-order valence-corrected chi connectivity index (χ3v) is 4.14. The van der Waals surface area contributed by atoms with Gasteiger partial charge in [-0.05, 0) is 38.1 Å². The molecule has 2 rings (SSSR count). The molecule has 0 spiro atoms. The van der Waals surface area contributed by atoms with E-state index >= 15 is 0 Å². The number of halogens is 2. The van der Waals surface area contributed by atoms with E-state index in [0.717, 1.165) is 22.6 Å². The number of hydrazone groups is 1. The Balaban J connectivity index is 2.18. The molecule has 0 fully saturated rings. The molecule has 1 aromatic carbocycles. The van der Waals surface area contributed by atoms with Gasteiger partial charge in [0.05, 0.1) is 16.9 Å². The van der Waals surface area contributed by atoms with Crippen molar-refractivity contribution in [3.05, 3.63) is 63.9 Å². The summed E-state index contributed by atoms with van der Waals surface area (Å²) in [5, 5.41) is 7.28. The van der Waals surface area contributed by atoms with Gasteiger partial charge in [0.1, 0.15) is 0 Å². The molecule has 1 heterocycles. The van der Waals surface area contributed by atoms with Gasteiger partial charge < -0.3 is 9.88 Å². The van der Waals surface area contributed by atoms with Gasteiger partial charge in [-0.1, -0.05) is 29.3 Å². The van der Waals surface area contributed by atoms with E-state index in [1.54, 1.807) is 12.1 Å². The molecule has 26 heavy (non-hydrogen) atoms. The van der Waals surface area contributed by atoms with Crippen molar-refractivity contribution in [2.24, 2.45) is 5.10 Å². The molecule has 0 bridgehead atoms. The highest BCUT2D eigenvalue weighted by Crippen LogP contribution is 2.28. The van der Waals surface area contributed by atoms with Crippen LogP contribution in [0.4, 0.5) is 0 Å². The molecule has 0 aliphatic carbocycles. The van der Waals surface area contributed by atoms with Gasteiger partial charge >= 0.3 is 11.8 Å². The molecular formula is C18H18Cl2N4O2. The fraction of sp³-hybridized carbons (Fsp3) is 0.167. The Hall–Kier alpha value is -2.57. The summed E-state index contributed by atoms with van der Waals surface area (Å²) in [5.41, 5.74) is 5.56.